The lowest BCUT2D eigenvalue weighted by Gasteiger charge is -2.25. The molecule has 5 heteroatoms. The fourth-order valence-corrected chi connectivity index (χ4v) is 2.43. The van der Waals surface area contributed by atoms with Crippen LogP contribution in [0.5, 0.6) is 0 Å². The molecule has 1 aliphatic rings. The summed E-state index contributed by atoms with van der Waals surface area (Å²) in [5.74, 6) is 0.411. The van der Waals surface area contributed by atoms with Crippen LogP contribution in [0.2, 0.25) is 0 Å². The summed E-state index contributed by atoms with van der Waals surface area (Å²) in [6, 6.07) is 0. The molecule has 0 aromatic heterocycles. The average Bonchev–Trinajstić information content (AvgIpc) is 2.62. The van der Waals surface area contributed by atoms with E-state index in [2.05, 4.69) is 5.32 Å². The Bertz CT molecular complexity index is 318. The maximum absolute atomic E-state index is 12.2. The van der Waals surface area contributed by atoms with Gasteiger partial charge in [-0.2, -0.15) is 0 Å². The molecule has 1 fully saturated rings. The van der Waals surface area contributed by atoms with Crippen molar-refractivity contribution in [1.29, 1.82) is 0 Å². The van der Waals surface area contributed by atoms with Gasteiger partial charge in [0.15, 0.2) is 0 Å². The van der Waals surface area contributed by atoms with Crippen molar-refractivity contribution in [3.63, 3.8) is 0 Å². The summed E-state index contributed by atoms with van der Waals surface area (Å²) in [5.41, 5.74) is 0. The van der Waals surface area contributed by atoms with Crippen molar-refractivity contribution in [2.24, 2.45) is 11.8 Å². The second-order valence-electron chi connectivity index (χ2n) is 5.62. The summed E-state index contributed by atoms with van der Waals surface area (Å²) in [6.07, 6.45) is 0.872. The molecule has 0 bridgehead atoms. The van der Waals surface area contributed by atoms with Crippen LogP contribution in [0.3, 0.4) is 0 Å². The third kappa shape index (κ3) is 4.49. The van der Waals surface area contributed by atoms with Crippen molar-refractivity contribution in [2.45, 2.75) is 27.2 Å². The number of hydrogen-bond acceptors (Lipinski definition) is 3. The molecule has 2 amide bonds. The van der Waals surface area contributed by atoms with Crippen LogP contribution in [-0.4, -0.2) is 61.4 Å². The standard InChI is InChI=1S/C14H27N3O2/c1-11(2)13(18)16-6-5-7-17(9-8-16)14(19)12(3)10-15-4/h11-12,15H,5-10H2,1-4H3. The molecule has 19 heavy (non-hydrogen) atoms. The maximum atomic E-state index is 12.2. The first kappa shape index (κ1) is 16.0. The van der Waals surface area contributed by atoms with E-state index in [1.165, 1.54) is 0 Å². The smallest absolute Gasteiger partial charge is 0.226 e. The molecule has 1 rings (SSSR count). The molecule has 0 radical (unpaired) electrons. The van der Waals surface area contributed by atoms with Crippen molar-refractivity contribution >= 4 is 11.8 Å². The molecule has 1 unspecified atom stereocenters. The molecular weight excluding hydrogens is 242 g/mol. The molecule has 0 saturated carbocycles. The van der Waals surface area contributed by atoms with Gasteiger partial charge in [0, 0.05) is 44.6 Å². The number of hydrogen-bond donors (Lipinski definition) is 1. The summed E-state index contributed by atoms with van der Waals surface area (Å²) in [4.78, 5) is 28.0. The zero-order chi connectivity index (χ0) is 14.4. The zero-order valence-electron chi connectivity index (χ0n) is 12.6. The van der Waals surface area contributed by atoms with Gasteiger partial charge in [-0.15, -0.1) is 0 Å². The first-order chi connectivity index (χ1) is 8.97. The predicted octanol–water partition coefficient (Wildman–Crippen LogP) is 0.559. The van der Waals surface area contributed by atoms with Crippen LogP contribution < -0.4 is 5.32 Å². The first-order valence-electron chi connectivity index (χ1n) is 7.19. The third-order valence-electron chi connectivity index (χ3n) is 3.55. The first-order valence-corrected chi connectivity index (χ1v) is 7.19. The Morgan fingerprint density at radius 3 is 2.00 bits per heavy atom. The quantitative estimate of drug-likeness (QED) is 0.811. The minimum Gasteiger partial charge on any atom is -0.341 e. The molecule has 5 nitrogen and oxygen atoms in total. The molecule has 0 spiro atoms. The van der Waals surface area contributed by atoms with Gasteiger partial charge >= 0.3 is 0 Å². The lowest BCUT2D eigenvalue weighted by atomic mass is 10.1. The largest absolute Gasteiger partial charge is 0.341 e. The topological polar surface area (TPSA) is 52.7 Å². The Balaban J connectivity index is 2.54. The Morgan fingerprint density at radius 2 is 1.53 bits per heavy atom. The van der Waals surface area contributed by atoms with Crippen LogP contribution in [0.1, 0.15) is 27.2 Å². The molecule has 110 valence electrons. The highest BCUT2D eigenvalue weighted by Gasteiger charge is 2.25. The maximum Gasteiger partial charge on any atom is 0.226 e. The number of nitrogens with zero attached hydrogens (tertiary/aromatic N) is 2. The van der Waals surface area contributed by atoms with E-state index in [9.17, 15) is 9.59 Å². The van der Waals surface area contributed by atoms with Gasteiger partial charge < -0.3 is 15.1 Å². The van der Waals surface area contributed by atoms with E-state index in [1.807, 2.05) is 37.6 Å². The highest BCUT2D eigenvalue weighted by molar-refractivity contribution is 5.80. The van der Waals surface area contributed by atoms with E-state index in [0.29, 0.717) is 19.6 Å². The van der Waals surface area contributed by atoms with Gasteiger partial charge in [0.25, 0.3) is 0 Å². The normalized spacial score (nSPS) is 18.4. The number of nitrogens with one attached hydrogen (secondary N) is 1. The van der Waals surface area contributed by atoms with E-state index >= 15 is 0 Å². The second kappa shape index (κ2) is 7.48. The predicted molar refractivity (Wildman–Crippen MR) is 75.7 cm³/mol. The molecule has 0 aromatic carbocycles. The number of rotatable bonds is 4. The highest BCUT2D eigenvalue weighted by Crippen LogP contribution is 2.10. The summed E-state index contributed by atoms with van der Waals surface area (Å²) in [7, 11) is 1.86. The minimum absolute atomic E-state index is 0.00245. The lowest BCUT2D eigenvalue weighted by Crippen LogP contribution is -2.42. The molecule has 1 aliphatic heterocycles. The van der Waals surface area contributed by atoms with Crippen LogP contribution in [0, 0.1) is 11.8 Å². The summed E-state index contributed by atoms with van der Waals surface area (Å²) >= 11 is 0. The summed E-state index contributed by atoms with van der Waals surface area (Å²) in [5, 5.41) is 3.03. The molecule has 1 heterocycles. The van der Waals surface area contributed by atoms with Crippen LogP contribution in [0.15, 0.2) is 0 Å². The SMILES string of the molecule is CNCC(C)C(=O)N1CCCN(C(=O)C(C)C)CC1. The molecule has 0 aromatic rings. The van der Waals surface area contributed by atoms with Gasteiger partial charge in [-0.05, 0) is 13.5 Å². The third-order valence-corrected chi connectivity index (χ3v) is 3.55. The number of amides is 2. The molecular formula is C14H27N3O2. The van der Waals surface area contributed by atoms with E-state index in [0.717, 1.165) is 19.5 Å². The van der Waals surface area contributed by atoms with E-state index in [-0.39, 0.29) is 23.7 Å². The van der Waals surface area contributed by atoms with Gasteiger partial charge in [-0.3, -0.25) is 9.59 Å². The number of carbonyl (C=O) groups excluding carboxylic acids is 2. The fourth-order valence-electron chi connectivity index (χ4n) is 2.43. The molecule has 1 atom stereocenters. The van der Waals surface area contributed by atoms with Crippen LogP contribution in [-0.2, 0) is 9.59 Å². The van der Waals surface area contributed by atoms with Crippen molar-refractivity contribution < 1.29 is 9.59 Å². The number of carbonyl (C=O) groups is 2. The molecule has 0 aliphatic carbocycles. The van der Waals surface area contributed by atoms with Crippen molar-refractivity contribution in [3.05, 3.63) is 0 Å². The van der Waals surface area contributed by atoms with Crippen molar-refractivity contribution in [1.82, 2.24) is 15.1 Å². The monoisotopic (exact) mass is 269 g/mol. The molecule has 1 saturated heterocycles. The van der Waals surface area contributed by atoms with Crippen LogP contribution in [0.25, 0.3) is 0 Å². The van der Waals surface area contributed by atoms with Gasteiger partial charge in [0.05, 0.1) is 0 Å². The zero-order valence-corrected chi connectivity index (χ0v) is 12.6. The van der Waals surface area contributed by atoms with Gasteiger partial charge in [-0.25, -0.2) is 0 Å². The Labute approximate surface area is 116 Å². The summed E-state index contributed by atoms with van der Waals surface area (Å²) in [6.45, 7) is 9.33. The van der Waals surface area contributed by atoms with Gasteiger partial charge in [-0.1, -0.05) is 20.8 Å². The van der Waals surface area contributed by atoms with Crippen LogP contribution >= 0.6 is 0 Å². The Morgan fingerprint density at radius 1 is 1.00 bits per heavy atom. The highest BCUT2D eigenvalue weighted by atomic mass is 16.2. The molecule has 1 N–H and O–H groups in total. The lowest BCUT2D eigenvalue weighted by molar-refractivity contribution is -0.137. The van der Waals surface area contributed by atoms with Gasteiger partial charge in [0.1, 0.15) is 0 Å². The van der Waals surface area contributed by atoms with Crippen LogP contribution in [0.4, 0.5) is 0 Å². The minimum atomic E-state index is -0.00245. The second-order valence-corrected chi connectivity index (χ2v) is 5.62. The van der Waals surface area contributed by atoms with Crippen molar-refractivity contribution in [2.75, 3.05) is 39.8 Å². The van der Waals surface area contributed by atoms with Gasteiger partial charge in [0.2, 0.25) is 11.8 Å². The average molecular weight is 269 g/mol. The van der Waals surface area contributed by atoms with Crippen molar-refractivity contribution in [3.8, 4) is 0 Å². The Hall–Kier alpha value is -1.10. The van der Waals surface area contributed by atoms with E-state index in [1.54, 1.807) is 0 Å². The van der Waals surface area contributed by atoms with E-state index in [4.69, 9.17) is 0 Å². The summed E-state index contributed by atoms with van der Waals surface area (Å²) < 4.78 is 0. The van der Waals surface area contributed by atoms with E-state index < -0.39 is 0 Å². The Kier molecular flexibility index (Phi) is 6.28. The fraction of sp³-hybridized carbons (Fsp3) is 0.857.